The number of fused-ring (bicyclic) bond motifs is 1. The molecule has 1 aliphatic rings. The molecular weight excluding hydrogens is 481 g/mol. The first-order valence-corrected chi connectivity index (χ1v) is 13.4. The van der Waals surface area contributed by atoms with Crippen molar-refractivity contribution >= 4 is 45.6 Å². The second kappa shape index (κ2) is 11.3. The first-order valence-electron chi connectivity index (χ1n) is 11.2. The molecule has 3 atom stereocenters. The first kappa shape index (κ1) is 24.7. The number of aliphatic hydroxyl groups excluding tert-OH is 1. The van der Waals surface area contributed by atoms with E-state index in [4.69, 9.17) is 16.3 Å². The zero-order valence-corrected chi connectivity index (χ0v) is 21.0. The highest BCUT2D eigenvalue weighted by Gasteiger charge is 2.40. The number of ether oxygens (including phenoxy) is 1. The maximum atomic E-state index is 15.7. The third-order valence-corrected chi connectivity index (χ3v) is 9.05. The van der Waals surface area contributed by atoms with Crippen LogP contribution in [0.2, 0.25) is 5.02 Å². The molecule has 2 N–H and O–H groups in total. The van der Waals surface area contributed by atoms with Crippen LogP contribution in [0.3, 0.4) is 0 Å². The lowest BCUT2D eigenvalue weighted by Gasteiger charge is -2.44. The minimum atomic E-state index is -1.25. The van der Waals surface area contributed by atoms with E-state index in [1.807, 2.05) is 23.7 Å². The van der Waals surface area contributed by atoms with Crippen molar-refractivity contribution in [2.24, 2.45) is 11.3 Å². The minimum absolute atomic E-state index is 0.0621. The molecule has 3 aromatic rings. The number of thiazole rings is 1. The number of piperidine rings is 1. The summed E-state index contributed by atoms with van der Waals surface area (Å²) >= 11 is 9.81. The number of rotatable bonds is 10. The summed E-state index contributed by atoms with van der Waals surface area (Å²) in [5.74, 6) is 1.85. The van der Waals surface area contributed by atoms with Crippen LogP contribution in [0, 0.1) is 11.3 Å². The summed E-state index contributed by atoms with van der Waals surface area (Å²) in [5.41, 5.74) is 0.846. The number of aromatic nitrogens is 2. The number of pyridine rings is 1. The molecular formula is C24H29ClFN3O2S2. The predicted octanol–water partition coefficient (Wildman–Crippen LogP) is 5.91. The standard InChI is InChI=1S/C24H29ClFN3O2S2/c1-31-17-2-3-21-18(12-17)22(19(25)14-29-21)20(26)4-6-24(15-30)7-8-27-13-16(24)5-10-32-23-28-9-11-33-23/h2-3,9,11-12,14,16,20,27,30H,4-8,10,13,15H2,1H3/t16-,20-,24-/m1/s1. The van der Waals surface area contributed by atoms with Crippen LogP contribution in [-0.2, 0) is 0 Å². The third-order valence-electron chi connectivity index (χ3n) is 6.75. The number of hydrogen-bond acceptors (Lipinski definition) is 7. The maximum Gasteiger partial charge on any atom is 0.149 e. The van der Waals surface area contributed by atoms with Gasteiger partial charge in [0.25, 0.3) is 0 Å². The van der Waals surface area contributed by atoms with E-state index in [2.05, 4.69) is 15.3 Å². The molecule has 9 heteroatoms. The van der Waals surface area contributed by atoms with E-state index in [1.165, 1.54) is 6.20 Å². The molecule has 0 radical (unpaired) electrons. The Bertz CT molecular complexity index is 1060. The highest BCUT2D eigenvalue weighted by atomic mass is 35.5. The number of thioether (sulfide) groups is 1. The van der Waals surface area contributed by atoms with Gasteiger partial charge in [0.1, 0.15) is 16.3 Å². The Morgan fingerprint density at radius 1 is 1.42 bits per heavy atom. The van der Waals surface area contributed by atoms with E-state index >= 15 is 4.39 Å². The number of nitrogens with zero attached hydrogens (tertiary/aromatic N) is 2. The molecule has 2 aromatic heterocycles. The first-order chi connectivity index (χ1) is 16.1. The van der Waals surface area contributed by atoms with Gasteiger partial charge in [0.2, 0.25) is 0 Å². The number of alkyl halides is 1. The SMILES string of the molecule is COc1ccc2ncc(Cl)c([C@H](F)CC[C@]3(CO)CCNC[C@H]3CCSc3nccs3)c2c1. The second-order valence-corrected chi connectivity index (χ2v) is 11.2. The van der Waals surface area contributed by atoms with E-state index in [0.29, 0.717) is 40.1 Å². The summed E-state index contributed by atoms with van der Waals surface area (Å²) in [7, 11) is 1.58. The Morgan fingerprint density at radius 2 is 2.30 bits per heavy atom. The topological polar surface area (TPSA) is 67.3 Å². The van der Waals surface area contributed by atoms with Crippen molar-refractivity contribution in [3.05, 3.63) is 46.6 Å². The molecule has 0 saturated carbocycles. The molecule has 1 aromatic carbocycles. The molecule has 0 unspecified atom stereocenters. The van der Waals surface area contributed by atoms with Gasteiger partial charge in [-0.1, -0.05) is 23.4 Å². The number of methoxy groups -OCH3 is 1. The highest BCUT2D eigenvalue weighted by Crippen LogP contribution is 2.44. The molecule has 178 valence electrons. The fourth-order valence-electron chi connectivity index (χ4n) is 4.80. The van der Waals surface area contributed by atoms with Crippen LogP contribution < -0.4 is 10.1 Å². The van der Waals surface area contributed by atoms with Gasteiger partial charge in [-0.3, -0.25) is 4.98 Å². The van der Waals surface area contributed by atoms with Crippen molar-refractivity contribution in [2.45, 2.75) is 36.2 Å². The Balaban J connectivity index is 1.49. The number of benzene rings is 1. The maximum absolute atomic E-state index is 15.7. The molecule has 3 heterocycles. The average Bonchev–Trinajstić information content (AvgIpc) is 3.36. The van der Waals surface area contributed by atoms with Crippen molar-refractivity contribution < 1.29 is 14.2 Å². The molecule has 33 heavy (non-hydrogen) atoms. The zero-order valence-electron chi connectivity index (χ0n) is 18.6. The van der Waals surface area contributed by atoms with Crippen molar-refractivity contribution in [1.29, 1.82) is 0 Å². The summed E-state index contributed by atoms with van der Waals surface area (Å²) in [6, 6.07) is 5.42. The van der Waals surface area contributed by atoms with Gasteiger partial charge in [-0.25, -0.2) is 9.37 Å². The van der Waals surface area contributed by atoms with E-state index in [0.717, 1.165) is 36.0 Å². The van der Waals surface area contributed by atoms with Crippen molar-refractivity contribution in [2.75, 3.05) is 32.6 Å². The molecule has 1 saturated heterocycles. The van der Waals surface area contributed by atoms with Crippen LogP contribution in [0.15, 0.2) is 40.3 Å². The summed E-state index contributed by atoms with van der Waals surface area (Å²) in [4.78, 5) is 8.67. The summed E-state index contributed by atoms with van der Waals surface area (Å²) < 4.78 is 22.1. The molecule has 0 aliphatic carbocycles. The lowest BCUT2D eigenvalue weighted by Crippen LogP contribution is -2.47. The van der Waals surface area contributed by atoms with Gasteiger partial charge in [-0.05, 0) is 68.3 Å². The molecule has 1 fully saturated rings. The summed E-state index contributed by atoms with van der Waals surface area (Å²) in [6.07, 6.45) is 4.77. The average molecular weight is 510 g/mol. The Labute approximate surface area is 207 Å². The number of nitrogens with one attached hydrogen (secondary N) is 1. The monoisotopic (exact) mass is 509 g/mol. The largest absolute Gasteiger partial charge is 0.497 e. The Hall–Kier alpha value is -1.45. The molecule has 0 spiro atoms. The highest BCUT2D eigenvalue weighted by molar-refractivity contribution is 8.00. The van der Waals surface area contributed by atoms with Crippen LogP contribution in [0.25, 0.3) is 10.9 Å². The molecule has 5 nitrogen and oxygen atoms in total. The van der Waals surface area contributed by atoms with E-state index in [9.17, 15) is 5.11 Å². The van der Waals surface area contributed by atoms with Gasteiger partial charge < -0.3 is 15.2 Å². The fraction of sp³-hybridized carbons (Fsp3) is 0.500. The van der Waals surface area contributed by atoms with E-state index in [-0.39, 0.29) is 17.9 Å². The lowest BCUT2D eigenvalue weighted by atomic mass is 9.67. The number of halogens is 2. The molecule has 4 rings (SSSR count). The third kappa shape index (κ3) is 5.62. The van der Waals surface area contributed by atoms with Crippen molar-refractivity contribution in [3.8, 4) is 5.75 Å². The Morgan fingerprint density at radius 3 is 3.06 bits per heavy atom. The normalized spacial score (nSPS) is 21.9. The van der Waals surface area contributed by atoms with E-state index < -0.39 is 6.17 Å². The molecule has 0 bridgehead atoms. The van der Waals surface area contributed by atoms with Gasteiger partial charge in [0.05, 0.1) is 17.6 Å². The summed E-state index contributed by atoms with van der Waals surface area (Å²) in [5, 5.41) is 16.9. The molecule has 1 aliphatic heterocycles. The van der Waals surface area contributed by atoms with Crippen LogP contribution in [0.4, 0.5) is 4.39 Å². The van der Waals surface area contributed by atoms with Gasteiger partial charge in [-0.2, -0.15) is 0 Å². The van der Waals surface area contributed by atoms with E-state index in [1.54, 1.807) is 36.3 Å². The zero-order chi connectivity index (χ0) is 23.3. The van der Waals surface area contributed by atoms with Gasteiger partial charge >= 0.3 is 0 Å². The van der Waals surface area contributed by atoms with Gasteiger partial charge in [0.15, 0.2) is 0 Å². The fourth-order valence-corrected chi connectivity index (χ4v) is 6.83. The van der Waals surface area contributed by atoms with Crippen LogP contribution in [-0.4, -0.2) is 47.6 Å². The Kier molecular flexibility index (Phi) is 8.46. The minimum Gasteiger partial charge on any atom is -0.497 e. The summed E-state index contributed by atoms with van der Waals surface area (Å²) in [6.45, 7) is 1.74. The smallest absolute Gasteiger partial charge is 0.149 e. The second-order valence-electron chi connectivity index (χ2n) is 8.52. The van der Waals surface area contributed by atoms with Crippen molar-refractivity contribution in [1.82, 2.24) is 15.3 Å². The van der Waals surface area contributed by atoms with Crippen molar-refractivity contribution in [3.63, 3.8) is 0 Å². The van der Waals surface area contributed by atoms with Crippen LogP contribution in [0.1, 0.15) is 37.4 Å². The predicted molar refractivity (Wildman–Crippen MR) is 134 cm³/mol. The van der Waals surface area contributed by atoms with Crippen LogP contribution in [0.5, 0.6) is 5.75 Å². The lowest BCUT2D eigenvalue weighted by molar-refractivity contribution is 0.0154. The van der Waals surface area contributed by atoms with Gasteiger partial charge in [-0.15, -0.1) is 11.3 Å². The number of hydrogen-bond donors (Lipinski definition) is 2. The van der Waals surface area contributed by atoms with Gasteiger partial charge in [0, 0.05) is 41.1 Å². The molecule has 0 amide bonds. The quantitative estimate of drug-likeness (QED) is 0.331. The van der Waals surface area contributed by atoms with Crippen LogP contribution >= 0.6 is 34.7 Å². The number of aliphatic hydroxyl groups is 1.